The van der Waals surface area contributed by atoms with Gasteiger partial charge in [-0.05, 0) is 36.4 Å². The summed E-state index contributed by atoms with van der Waals surface area (Å²) in [6, 6.07) is 16.3. The minimum atomic E-state index is -4.65. The van der Waals surface area contributed by atoms with Crippen molar-refractivity contribution in [1.82, 2.24) is 19.8 Å². The zero-order valence-electron chi connectivity index (χ0n) is 16.8. The quantitative estimate of drug-likeness (QED) is 0.352. The first-order valence-corrected chi connectivity index (χ1v) is 10.1. The number of fused-ring (bicyclic) bond motifs is 2. The summed E-state index contributed by atoms with van der Waals surface area (Å²) in [6.45, 7) is 0.939. The molecule has 7 nitrogen and oxygen atoms in total. The fourth-order valence-electron chi connectivity index (χ4n) is 3.95. The molecule has 0 atom stereocenters. The molecule has 10 heteroatoms. The van der Waals surface area contributed by atoms with Gasteiger partial charge in [-0.15, -0.1) is 15.3 Å². The fraction of sp³-hybridized carbons (Fsp3) is 0.273. The van der Waals surface area contributed by atoms with E-state index in [1.165, 1.54) is 6.07 Å². The maximum Gasteiger partial charge on any atom is 0.453 e. The minimum absolute atomic E-state index is 0.0228. The van der Waals surface area contributed by atoms with Crippen LogP contribution in [0.1, 0.15) is 18.7 Å². The summed E-state index contributed by atoms with van der Waals surface area (Å²) in [5.41, 5.74) is 0.0228. The van der Waals surface area contributed by atoms with Crippen LogP contribution in [0, 0.1) is 5.92 Å². The third kappa shape index (κ3) is 3.72. The number of benzene rings is 2. The molecule has 2 aromatic heterocycles. The average molecular weight is 441 g/mol. The lowest BCUT2D eigenvalue weighted by molar-refractivity contribution is -0.146. The van der Waals surface area contributed by atoms with Gasteiger partial charge in [0.1, 0.15) is 11.6 Å². The highest BCUT2D eigenvalue weighted by Gasteiger charge is 2.38. The van der Waals surface area contributed by atoms with Crippen molar-refractivity contribution in [2.75, 3.05) is 18.0 Å². The Labute approximate surface area is 180 Å². The third-order valence-corrected chi connectivity index (χ3v) is 5.61. The van der Waals surface area contributed by atoms with Crippen LogP contribution in [0.3, 0.4) is 0 Å². The van der Waals surface area contributed by atoms with Crippen LogP contribution in [0.25, 0.3) is 16.4 Å². The maximum absolute atomic E-state index is 13.1. The van der Waals surface area contributed by atoms with Crippen molar-refractivity contribution in [1.29, 1.82) is 0 Å². The van der Waals surface area contributed by atoms with Crippen molar-refractivity contribution in [3.63, 3.8) is 0 Å². The number of carbonyl (C=O) groups is 1. The van der Waals surface area contributed by atoms with E-state index < -0.39 is 12.0 Å². The number of alkyl halides is 3. The molecule has 2 aromatic carbocycles. The average Bonchev–Trinajstić information content (AvgIpc) is 3.23. The number of aromatic nitrogens is 4. The van der Waals surface area contributed by atoms with E-state index in [-0.39, 0.29) is 17.5 Å². The number of nitrogens with zero attached hydrogens (tertiary/aromatic N) is 5. The molecule has 0 bridgehead atoms. The van der Waals surface area contributed by atoms with Crippen LogP contribution in [-0.4, -0.2) is 38.9 Å². The van der Waals surface area contributed by atoms with Crippen molar-refractivity contribution in [3.05, 3.63) is 60.4 Å². The Morgan fingerprint density at radius 2 is 1.72 bits per heavy atom. The predicted molar refractivity (Wildman–Crippen MR) is 110 cm³/mol. The van der Waals surface area contributed by atoms with Gasteiger partial charge in [-0.3, -0.25) is 4.79 Å². The van der Waals surface area contributed by atoms with Gasteiger partial charge >= 0.3 is 12.1 Å². The van der Waals surface area contributed by atoms with E-state index in [2.05, 4.69) is 15.3 Å². The van der Waals surface area contributed by atoms with Crippen LogP contribution in [-0.2, 0) is 11.0 Å². The van der Waals surface area contributed by atoms with Gasteiger partial charge in [0.25, 0.3) is 5.82 Å². The molecule has 4 aromatic rings. The lowest BCUT2D eigenvalue weighted by Gasteiger charge is -2.31. The summed E-state index contributed by atoms with van der Waals surface area (Å²) in [5.74, 6) is -0.862. The topological polar surface area (TPSA) is 72.6 Å². The van der Waals surface area contributed by atoms with E-state index in [1.54, 1.807) is 12.1 Å². The Kier molecular flexibility index (Phi) is 4.91. The Balaban J connectivity index is 1.28. The van der Waals surface area contributed by atoms with Crippen molar-refractivity contribution in [3.8, 4) is 5.75 Å². The monoisotopic (exact) mass is 441 g/mol. The Hall–Kier alpha value is -3.69. The standard InChI is InChI=1S/C22H18F3N5O2/c23-22(24,25)21-27-26-18-8-9-19(28-30(18)21)29-12-10-15(11-13-29)20(31)32-17-7-3-5-14-4-1-2-6-16(14)17/h1-9,15H,10-13H2. The molecule has 1 saturated heterocycles. The second-order valence-corrected chi connectivity index (χ2v) is 7.64. The second-order valence-electron chi connectivity index (χ2n) is 7.64. The van der Waals surface area contributed by atoms with Crippen LogP contribution in [0.2, 0.25) is 0 Å². The van der Waals surface area contributed by atoms with Gasteiger partial charge in [0.05, 0.1) is 5.92 Å². The molecule has 32 heavy (non-hydrogen) atoms. The Bertz CT molecular complexity index is 1290. The molecule has 1 aliphatic rings. The van der Waals surface area contributed by atoms with Crippen LogP contribution in [0.5, 0.6) is 5.75 Å². The number of anilines is 1. The summed E-state index contributed by atoms with van der Waals surface area (Å²) in [4.78, 5) is 14.6. The van der Waals surface area contributed by atoms with Gasteiger partial charge in [-0.25, -0.2) is 0 Å². The van der Waals surface area contributed by atoms with Crippen LogP contribution in [0.15, 0.2) is 54.6 Å². The highest BCUT2D eigenvalue weighted by Crippen LogP contribution is 2.30. The summed E-state index contributed by atoms with van der Waals surface area (Å²) >= 11 is 0. The van der Waals surface area contributed by atoms with Gasteiger partial charge in [-0.1, -0.05) is 36.4 Å². The number of ether oxygens (including phenoxy) is 1. The summed E-state index contributed by atoms with van der Waals surface area (Å²) in [5, 5.41) is 12.6. The lowest BCUT2D eigenvalue weighted by atomic mass is 9.97. The first-order valence-electron chi connectivity index (χ1n) is 10.1. The van der Waals surface area contributed by atoms with E-state index in [0.29, 0.717) is 42.0 Å². The molecule has 164 valence electrons. The largest absolute Gasteiger partial charge is 0.453 e. The zero-order valence-corrected chi connectivity index (χ0v) is 16.8. The first-order chi connectivity index (χ1) is 15.4. The molecule has 0 spiro atoms. The smallest absolute Gasteiger partial charge is 0.426 e. The molecule has 0 aliphatic carbocycles. The summed E-state index contributed by atoms with van der Waals surface area (Å²) in [6.07, 6.45) is -3.63. The van der Waals surface area contributed by atoms with E-state index in [1.807, 2.05) is 41.3 Å². The maximum atomic E-state index is 13.1. The van der Waals surface area contributed by atoms with E-state index in [0.717, 1.165) is 10.8 Å². The van der Waals surface area contributed by atoms with Crippen LogP contribution >= 0.6 is 0 Å². The van der Waals surface area contributed by atoms with Gasteiger partial charge in [-0.2, -0.15) is 17.7 Å². The van der Waals surface area contributed by atoms with Crippen molar-refractivity contribution in [2.24, 2.45) is 5.92 Å². The minimum Gasteiger partial charge on any atom is -0.426 e. The number of carbonyl (C=O) groups excluding carboxylic acids is 1. The molecular formula is C22H18F3N5O2. The molecular weight excluding hydrogens is 423 g/mol. The Morgan fingerprint density at radius 3 is 2.50 bits per heavy atom. The lowest BCUT2D eigenvalue weighted by Crippen LogP contribution is -2.38. The molecule has 0 radical (unpaired) electrons. The van der Waals surface area contributed by atoms with Gasteiger partial charge in [0.2, 0.25) is 0 Å². The van der Waals surface area contributed by atoms with Crippen LogP contribution < -0.4 is 9.64 Å². The number of piperidine rings is 1. The number of rotatable bonds is 3. The molecule has 5 rings (SSSR count). The highest BCUT2D eigenvalue weighted by molar-refractivity contribution is 5.90. The van der Waals surface area contributed by atoms with Crippen molar-refractivity contribution in [2.45, 2.75) is 19.0 Å². The predicted octanol–water partition coefficient (Wildman–Crippen LogP) is 4.12. The number of esters is 1. The van der Waals surface area contributed by atoms with Crippen molar-refractivity contribution < 1.29 is 22.7 Å². The Morgan fingerprint density at radius 1 is 0.969 bits per heavy atom. The number of hydrogen-bond donors (Lipinski definition) is 0. The normalized spacial score (nSPS) is 15.4. The summed E-state index contributed by atoms with van der Waals surface area (Å²) < 4.78 is 45.7. The molecule has 0 saturated carbocycles. The fourth-order valence-corrected chi connectivity index (χ4v) is 3.95. The van der Waals surface area contributed by atoms with E-state index in [9.17, 15) is 18.0 Å². The molecule has 0 unspecified atom stereocenters. The van der Waals surface area contributed by atoms with Gasteiger partial charge in [0.15, 0.2) is 5.65 Å². The summed E-state index contributed by atoms with van der Waals surface area (Å²) in [7, 11) is 0. The molecule has 3 heterocycles. The zero-order chi connectivity index (χ0) is 22.3. The first kappa shape index (κ1) is 20.2. The SMILES string of the molecule is O=C(Oc1cccc2ccccc12)C1CCN(c2ccc3nnc(C(F)(F)F)n3n2)CC1. The number of hydrogen-bond acceptors (Lipinski definition) is 6. The molecule has 0 N–H and O–H groups in total. The van der Waals surface area contributed by atoms with E-state index >= 15 is 0 Å². The van der Waals surface area contributed by atoms with Gasteiger partial charge in [0, 0.05) is 18.5 Å². The molecule has 1 fully saturated rings. The molecule has 0 amide bonds. The third-order valence-electron chi connectivity index (χ3n) is 5.61. The highest BCUT2D eigenvalue weighted by atomic mass is 19.4. The number of halogens is 3. The van der Waals surface area contributed by atoms with Crippen molar-refractivity contribution >= 4 is 28.2 Å². The van der Waals surface area contributed by atoms with E-state index in [4.69, 9.17) is 4.74 Å². The second kappa shape index (κ2) is 7.77. The van der Waals surface area contributed by atoms with Gasteiger partial charge < -0.3 is 9.64 Å². The van der Waals surface area contributed by atoms with Crippen LogP contribution in [0.4, 0.5) is 19.0 Å². The molecule has 1 aliphatic heterocycles.